The van der Waals surface area contributed by atoms with Crippen LogP contribution in [0.1, 0.15) is 32.7 Å². The number of thiazole rings is 1. The van der Waals surface area contributed by atoms with Crippen LogP contribution in [0.25, 0.3) is 16.2 Å². The number of hydrogen-bond donors (Lipinski definition) is 1. The number of nitrogens with zero attached hydrogens (tertiary/aromatic N) is 2. The summed E-state index contributed by atoms with van der Waals surface area (Å²) in [6, 6.07) is 12.4. The van der Waals surface area contributed by atoms with Crippen LogP contribution >= 0.6 is 11.3 Å². The fourth-order valence-corrected chi connectivity index (χ4v) is 4.22. The molecule has 4 rings (SSSR count). The monoisotopic (exact) mass is 375 g/mol. The van der Waals surface area contributed by atoms with Gasteiger partial charge in [0.25, 0.3) is 5.91 Å². The lowest BCUT2D eigenvalue weighted by molar-refractivity contribution is 0.102. The highest BCUT2D eigenvalue weighted by molar-refractivity contribution is 7.15. The van der Waals surface area contributed by atoms with Crippen molar-refractivity contribution < 1.29 is 4.79 Å². The van der Waals surface area contributed by atoms with Crippen molar-refractivity contribution >= 4 is 27.9 Å². The molecule has 0 radical (unpaired) electrons. The van der Waals surface area contributed by atoms with Crippen molar-refractivity contribution in [3.05, 3.63) is 75.9 Å². The summed E-state index contributed by atoms with van der Waals surface area (Å²) in [4.78, 5) is 18.4. The Balaban J connectivity index is 1.68. The summed E-state index contributed by atoms with van der Waals surface area (Å²) in [6.07, 6.45) is 1.93. The first-order chi connectivity index (χ1) is 12.9. The molecule has 0 spiro atoms. The second-order valence-electron chi connectivity index (χ2n) is 6.99. The summed E-state index contributed by atoms with van der Waals surface area (Å²) in [5.41, 5.74) is 7.94. The van der Waals surface area contributed by atoms with E-state index in [1.54, 1.807) is 0 Å². The first kappa shape index (κ1) is 17.5. The van der Waals surface area contributed by atoms with Crippen LogP contribution < -0.4 is 5.32 Å². The van der Waals surface area contributed by atoms with Crippen LogP contribution in [0, 0.1) is 27.7 Å². The van der Waals surface area contributed by atoms with E-state index in [9.17, 15) is 4.79 Å². The zero-order valence-corrected chi connectivity index (χ0v) is 16.6. The molecule has 27 heavy (non-hydrogen) atoms. The summed E-state index contributed by atoms with van der Waals surface area (Å²) in [7, 11) is 0. The van der Waals surface area contributed by atoms with Crippen LogP contribution in [0.4, 0.5) is 5.69 Å². The van der Waals surface area contributed by atoms with Crippen LogP contribution in [0.2, 0.25) is 0 Å². The third kappa shape index (κ3) is 3.26. The van der Waals surface area contributed by atoms with Gasteiger partial charge < -0.3 is 5.32 Å². The molecule has 0 bridgehead atoms. The topological polar surface area (TPSA) is 46.4 Å². The van der Waals surface area contributed by atoms with Crippen molar-refractivity contribution in [3.8, 4) is 11.3 Å². The molecule has 0 unspecified atom stereocenters. The highest BCUT2D eigenvalue weighted by Gasteiger charge is 2.17. The zero-order valence-electron chi connectivity index (χ0n) is 15.8. The number of rotatable bonds is 3. The lowest BCUT2D eigenvalue weighted by atomic mass is 10.1. The molecule has 5 heteroatoms. The molecule has 136 valence electrons. The lowest BCUT2D eigenvalue weighted by Gasteiger charge is -2.12. The van der Waals surface area contributed by atoms with E-state index < -0.39 is 0 Å². The number of fused-ring (bicyclic) bond motifs is 1. The Hall–Kier alpha value is -2.92. The molecule has 4 aromatic rings. The largest absolute Gasteiger partial charge is 0.320 e. The summed E-state index contributed by atoms with van der Waals surface area (Å²) >= 11 is 1.47. The molecule has 2 aromatic heterocycles. The number of nitrogens with one attached hydrogen (secondary N) is 1. The molecule has 1 amide bonds. The summed E-state index contributed by atoms with van der Waals surface area (Å²) in [6.45, 7) is 8.16. The van der Waals surface area contributed by atoms with Gasteiger partial charge in [0, 0.05) is 22.8 Å². The van der Waals surface area contributed by atoms with Crippen molar-refractivity contribution in [2.75, 3.05) is 5.32 Å². The molecule has 0 aliphatic carbocycles. The second-order valence-corrected chi connectivity index (χ2v) is 7.83. The van der Waals surface area contributed by atoms with Crippen LogP contribution in [0.5, 0.6) is 0 Å². The van der Waals surface area contributed by atoms with Crippen LogP contribution in [0.3, 0.4) is 0 Å². The summed E-state index contributed by atoms with van der Waals surface area (Å²) < 4.78 is 1.87. The number of hydrogen-bond acceptors (Lipinski definition) is 3. The molecule has 0 saturated carbocycles. The Morgan fingerprint density at radius 2 is 1.67 bits per heavy atom. The average molecular weight is 375 g/mol. The predicted molar refractivity (Wildman–Crippen MR) is 112 cm³/mol. The maximum Gasteiger partial charge on any atom is 0.273 e. The van der Waals surface area contributed by atoms with Gasteiger partial charge in [0.2, 0.25) is 0 Å². The Bertz CT molecular complexity index is 1130. The Kier molecular flexibility index (Phi) is 4.32. The van der Waals surface area contributed by atoms with Crippen molar-refractivity contribution in [2.24, 2.45) is 0 Å². The number of aromatic nitrogens is 2. The van der Waals surface area contributed by atoms with E-state index in [4.69, 9.17) is 0 Å². The SMILES string of the molecule is Cc1ccc(-c2cn3c(C(=O)Nc4c(C)cc(C)cc4C)csc3n2)cc1. The van der Waals surface area contributed by atoms with Crippen LogP contribution in [-0.4, -0.2) is 15.3 Å². The Labute approximate surface area is 162 Å². The molecule has 2 aromatic carbocycles. The number of anilines is 1. The van der Waals surface area contributed by atoms with Crippen LogP contribution in [0.15, 0.2) is 48.0 Å². The van der Waals surface area contributed by atoms with E-state index in [1.807, 2.05) is 29.8 Å². The van der Waals surface area contributed by atoms with Crippen LogP contribution in [-0.2, 0) is 0 Å². The van der Waals surface area contributed by atoms with E-state index in [0.29, 0.717) is 5.69 Å². The number of aryl methyl sites for hydroxylation is 4. The van der Waals surface area contributed by atoms with E-state index in [1.165, 1.54) is 22.5 Å². The first-order valence-electron chi connectivity index (χ1n) is 8.85. The fraction of sp³-hybridized carbons (Fsp3) is 0.182. The number of carbonyl (C=O) groups excluding carboxylic acids is 1. The van der Waals surface area contributed by atoms with E-state index in [0.717, 1.165) is 33.0 Å². The molecule has 0 aliphatic heterocycles. The standard InChI is InChI=1S/C22H21N3OS/c1-13-5-7-17(8-6-13)18-11-25-19(12-27-22(25)23-18)21(26)24-20-15(3)9-14(2)10-16(20)4/h5-12H,1-4H3,(H,24,26). The minimum absolute atomic E-state index is 0.121. The number of imidazole rings is 1. The van der Waals surface area contributed by atoms with Gasteiger partial charge in [0.1, 0.15) is 5.69 Å². The molecule has 2 heterocycles. The fourth-order valence-electron chi connectivity index (χ4n) is 3.37. The van der Waals surface area contributed by atoms with Gasteiger partial charge in [-0.25, -0.2) is 4.98 Å². The van der Waals surface area contributed by atoms with Gasteiger partial charge >= 0.3 is 0 Å². The van der Waals surface area contributed by atoms with Gasteiger partial charge in [0.15, 0.2) is 4.96 Å². The quantitative estimate of drug-likeness (QED) is 0.510. The number of carbonyl (C=O) groups is 1. The molecule has 0 atom stereocenters. The second kappa shape index (κ2) is 6.67. The third-order valence-electron chi connectivity index (χ3n) is 4.70. The molecule has 4 nitrogen and oxygen atoms in total. The van der Waals surface area contributed by atoms with Crippen molar-refractivity contribution in [1.82, 2.24) is 9.38 Å². The Morgan fingerprint density at radius 1 is 1.00 bits per heavy atom. The average Bonchev–Trinajstić information content (AvgIpc) is 3.19. The number of benzene rings is 2. The Morgan fingerprint density at radius 3 is 2.33 bits per heavy atom. The molecule has 1 N–H and O–H groups in total. The molecular weight excluding hydrogens is 354 g/mol. The maximum atomic E-state index is 12.9. The lowest BCUT2D eigenvalue weighted by Crippen LogP contribution is -2.15. The van der Waals surface area contributed by atoms with Gasteiger partial charge in [0.05, 0.1) is 5.69 Å². The molecular formula is C22H21N3OS. The van der Waals surface area contributed by atoms with Crippen molar-refractivity contribution in [2.45, 2.75) is 27.7 Å². The van der Waals surface area contributed by atoms with Gasteiger partial charge in [-0.05, 0) is 38.8 Å². The maximum absolute atomic E-state index is 12.9. The molecule has 0 aliphatic rings. The third-order valence-corrected chi connectivity index (χ3v) is 5.54. The summed E-state index contributed by atoms with van der Waals surface area (Å²) in [5.74, 6) is -0.121. The highest BCUT2D eigenvalue weighted by Crippen LogP contribution is 2.26. The van der Waals surface area contributed by atoms with Gasteiger partial charge in [-0.15, -0.1) is 11.3 Å². The zero-order chi connectivity index (χ0) is 19.1. The summed E-state index contributed by atoms with van der Waals surface area (Å²) in [5, 5.41) is 4.93. The van der Waals surface area contributed by atoms with Gasteiger partial charge in [-0.2, -0.15) is 0 Å². The van der Waals surface area contributed by atoms with Gasteiger partial charge in [-0.3, -0.25) is 9.20 Å². The van der Waals surface area contributed by atoms with E-state index in [2.05, 4.69) is 60.5 Å². The first-order valence-corrected chi connectivity index (χ1v) is 9.73. The van der Waals surface area contributed by atoms with Crippen molar-refractivity contribution in [3.63, 3.8) is 0 Å². The minimum Gasteiger partial charge on any atom is -0.320 e. The normalized spacial score (nSPS) is 11.1. The smallest absolute Gasteiger partial charge is 0.273 e. The minimum atomic E-state index is -0.121. The van der Waals surface area contributed by atoms with E-state index >= 15 is 0 Å². The predicted octanol–water partition coefficient (Wildman–Crippen LogP) is 5.55. The van der Waals surface area contributed by atoms with E-state index in [-0.39, 0.29) is 5.91 Å². The number of amides is 1. The molecule has 0 fully saturated rings. The molecule has 0 saturated heterocycles. The van der Waals surface area contributed by atoms with Crippen molar-refractivity contribution in [1.29, 1.82) is 0 Å². The highest BCUT2D eigenvalue weighted by atomic mass is 32.1. The van der Waals surface area contributed by atoms with Gasteiger partial charge in [-0.1, -0.05) is 47.5 Å².